The van der Waals surface area contributed by atoms with Crippen molar-refractivity contribution in [3.63, 3.8) is 0 Å². The van der Waals surface area contributed by atoms with Gasteiger partial charge >= 0.3 is 5.97 Å². The van der Waals surface area contributed by atoms with Gasteiger partial charge < -0.3 is 10.0 Å². The van der Waals surface area contributed by atoms with Crippen LogP contribution >= 0.6 is 11.6 Å². The van der Waals surface area contributed by atoms with Crippen molar-refractivity contribution in [3.05, 3.63) is 32.8 Å². The highest BCUT2D eigenvalue weighted by molar-refractivity contribution is 6.33. The third-order valence-electron chi connectivity index (χ3n) is 4.19. The minimum absolute atomic E-state index is 0.104. The summed E-state index contributed by atoms with van der Waals surface area (Å²) < 4.78 is 0. The lowest BCUT2D eigenvalue weighted by Gasteiger charge is -2.38. The van der Waals surface area contributed by atoms with Gasteiger partial charge in [0.25, 0.3) is 5.69 Å². The van der Waals surface area contributed by atoms with Crippen LogP contribution in [0.1, 0.15) is 25.3 Å². The molecule has 1 aromatic carbocycles. The number of carboxylic acids is 1. The molecule has 0 spiro atoms. The summed E-state index contributed by atoms with van der Waals surface area (Å²) in [4.78, 5) is 23.6. The number of rotatable bonds is 3. The average Bonchev–Trinajstić information content (AvgIpc) is 2.41. The Morgan fingerprint density at radius 1 is 1.43 bits per heavy atom. The number of piperidine rings is 1. The lowest BCUT2D eigenvalue weighted by atomic mass is 9.80. The molecule has 1 aliphatic heterocycles. The van der Waals surface area contributed by atoms with E-state index in [1.807, 2.05) is 4.90 Å². The number of nitro groups is 1. The summed E-state index contributed by atoms with van der Waals surface area (Å²) in [7, 11) is 0. The number of nitro benzene ring substituents is 1. The summed E-state index contributed by atoms with van der Waals surface area (Å²) in [5.74, 6) is -0.777. The molecule has 0 unspecified atom stereocenters. The van der Waals surface area contributed by atoms with Crippen molar-refractivity contribution in [1.29, 1.82) is 0 Å². The molecule has 0 amide bonds. The van der Waals surface area contributed by atoms with E-state index in [0.29, 0.717) is 25.9 Å². The van der Waals surface area contributed by atoms with Crippen molar-refractivity contribution in [1.82, 2.24) is 0 Å². The normalized spacial score (nSPS) is 17.6. The zero-order chi connectivity index (χ0) is 15.8. The van der Waals surface area contributed by atoms with E-state index in [-0.39, 0.29) is 10.7 Å². The fourth-order valence-corrected chi connectivity index (χ4v) is 2.82. The molecule has 0 radical (unpaired) electrons. The number of anilines is 1. The first-order valence-corrected chi connectivity index (χ1v) is 7.05. The summed E-state index contributed by atoms with van der Waals surface area (Å²) >= 11 is 5.96. The summed E-state index contributed by atoms with van der Waals surface area (Å²) in [6.45, 7) is 4.74. The topological polar surface area (TPSA) is 83.7 Å². The van der Waals surface area contributed by atoms with E-state index < -0.39 is 16.3 Å². The van der Waals surface area contributed by atoms with Crippen LogP contribution in [0, 0.1) is 22.5 Å². The largest absolute Gasteiger partial charge is 0.481 e. The molecule has 0 bridgehead atoms. The number of carbonyl (C=O) groups is 1. The second-order valence-corrected chi connectivity index (χ2v) is 6.11. The van der Waals surface area contributed by atoms with Gasteiger partial charge in [-0.2, -0.15) is 0 Å². The van der Waals surface area contributed by atoms with Crippen LogP contribution in [0.4, 0.5) is 11.4 Å². The standard InChI is InChI=1S/C14H17ClN2O4/c1-9-7-12(17(20)21)10(15)8-11(9)16-5-3-14(2,4-6-16)13(18)19/h7-8H,3-6H2,1-2H3,(H,18,19). The SMILES string of the molecule is Cc1cc([N+](=O)[O-])c(Cl)cc1N1CCC(C)(C(=O)O)CC1. The Bertz CT molecular complexity index is 595. The van der Waals surface area contributed by atoms with E-state index >= 15 is 0 Å². The summed E-state index contributed by atoms with van der Waals surface area (Å²) in [5, 5.41) is 20.2. The van der Waals surface area contributed by atoms with Gasteiger partial charge in [0, 0.05) is 24.8 Å². The molecule has 1 N–H and O–H groups in total. The molecule has 1 saturated heterocycles. The van der Waals surface area contributed by atoms with E-state index in [1.54, 1.807) is 19.9 Å². The molecule has 1 aromatic rings. The first-order chi connectivity index (χ1) is 9.74. The van der Waals surface area contributed by atoms with Crippen LogP contribution in [-0.2, 0) is 4.79 Å². The maximum absolute atomic E-state index is 11.2. The van der Waals surface area contributed by atoms with Crippen LogP contribution < -0.4 is 4.90 Å². The molecule has 7 heteroatoms. The molecule has 1 fully saturated rings. The molecular weight excluding hydrogens is 296 g/mol. The molecule has 0 saturated carbocycles. The quantitative estimate of drug-likeness (QED) is 0.684. The molecular formula is C14H17ClN2O4. The Kier molecular flexibility index (Phi) is 4.09. The van der Waals surface area contributed by atoms with Crippen LogP contribution in [-0.4, -0.2) is 29.1 Å². The van der Waals surface area contributed by atoms with Crippen LogP contribution in [0.5, 0.6) is 0 Å². The van der Waals surface area contributed by atoms with Gasteiger partial charge in [0.05, 0.1) is 10.3 Å². The molecule has 0 aromatic heterocycles. The van der Waals surface area contributed by atoms with Gasteiger partial charge in [-0.15, -0.1) is 0 Å². The highest BCUT2D eigenvalue weighted by Gasteiger charge is 2.37. The van der Waals surface area contributed by atoms with Crippen molar-refractivity contribution in [3.8, 4) is 0 Å². The summed E-state index contributed by atoms with van der Waals surface area (Å²) in [6.07, 6.45) is 1.08. The van der Waals surface area contributed by atoms with Gasteiger partial charge in [0.15, 0.2) is 0 Å². The maximum Gasteiger partial charge on any atom is 0.309 e. The number of hydrogen-bond acceptors (Lipinski definition) is 4. The van der Waals surface area contributed by atoms with Crippen molar-refractivity contribution >= 4 is 28.9 Å². The lowest BCUT2D eigenvalue weighted by molar-refractivity contribution is -0.384. The summed E-state index contributed by atoms with van der Waals surface area (Å²) in [6, 6.07) is 3.06. The van der Waals surface area contributed by atoms with Gasteiger partial charge in [-0.1, -0.05) is 11.6 Å². The maximum atomic E-state index is 11.2. The fraction of sp³-hybridized carbons (Fsp3) is 0.500. The van der Waals surface area contributed by atoms with Crippen LogP contribution in [0.15, 0.2) is 12.1 Å². The van der Waals surface area contributed by atoms with Crippen molar-refractivity contribution < 1.29 is 14.8 Å². The number of nitrogens with zero attached hydrogens (tertiary/aromatic N) is 2. The van der Waals surface area contributed by atoms with Gasteiger partial charge in [0.2, 0.25) is 0 Å². The van der Waals surface area contributed by atoms with Gasteiger partial charge in [-0.3, -0.25) is 14.9 Å². The number of aryl methyl sites for hydroxylation is 1. The second kappa shape index (κ2) is 5.52. The Balaban J connectivity index is 2.23. The fourth-order valence-electron chi connectivity index (χ4n) is 2.59. The third kappa shape index (κ3) is 2.95. The van der Waals surface area contributed by atoms with Crippen molar-refractivity contribution in [2.24, 2.45) is 5.41 Å². The zero-order valence-corrected chi connectivity index (χ0v) is 12.7. The Morgan fingerprint density at radius 2 is 2.00 bits per heavy atom. The molecule has 2 rings (SSSR count). The average molecular weight is 313 g/mol. The smallest absolute Gasteiger partial charge is 0.309 e. The summed E-state index contributed by atoms with van der Waals surface area (Å²) in [5.41, 5.74) is 0.794. The Morgan fingerprint density at radius 3 is 2.48 bits per heavy atom. The van der Waals surface area contributed by atoms with Crippen LogP contribution in [0.25, 0.3) is 0 Å². The third-order valence-corrected chi connectivity index (χ3v) is 4.49. The Labute approximate surface area is 127 Å². The minimum Gasteiger partial charge on any atom is -0.481 e. The molecule has 1 aliphatic rings. The molecule has 6 nitrogen and oxygen atoms in total. The van der Waals surface area contributed by atoms with E-state index in [9.17, 15) is 20.0 Å². The predicted octanol–water partition coefficient (Wildman–Crippen LogP) is 3.25. The number of aliphatic carboxylic acids is 1. The minimum atomic E-state index is -0.777. The van der Waals surface area contributed by atoms with Gasteiger partial charge in [-0.25, -0.2) is 0 Å². The lowest BCUT2D eigenvalue weighted by Crippen LogP contribution is -2.43. The van der Waals surface area contributed by atoms with E-state index in [1.165, 1.54) is 6.07 Å². The van der Waals surface area contributed by atoms with Crippen molar-refractivity contribution in [2.45, 2.75) is 26.7 Å². The molecule has 114 valence electrons. The highest BCUT2D eigenvalue weighted by Crippen LogP contribution is 2.37. The first-order valence-electron chi connectivity index (χ1n) is 6.67. The van der Waals surface area contributed by atoms with Crippen LogP contribution in [0.3, 0.4) is 0 Å². The number of hydrogen-bond donors (Lipinski definition) is 1. The molecule has 0 aliphatic carbocycles. The predicted molar refractivity (Wildman–Crippen MR) is 80.0 cm³/mol. The van der Waals surface area contributed by atoms with E-state index in [4.69, 9.17) is 11.6 Å². The second-order valence-electron chi connectivity index (χ2n) is 5.70. The first kappa shape index (κ1) is 15.6. The monoisotopic (exact) mass is 312 g/mol. The van der Waals surface area contributed by atoms with Crippen LogP contribution in [0.2, 0.25) is 5.02 Å². The molecule has 1 heterocycles. The van der Waals surface area contributed by atoms with E-state index in [2.05, 4.69) is 0 Å². The highest BCUT2D eigenvalue weighted by atomic mass is 35.5. The van der Waals surface area contributed by atoms with Crippen molar-refractivity contribution in [2.75, 3.05) is 18.0 Å². The van der Waals surface area contributed by atoms with Gasteiger partial charge in [-0.05, 0) is 38.3 Å². The van der Waals surface area contributed by atoms with E-state index in [0.717, 1.165) is 11.3 Å². The number of benzene rings is 1. The molecule has 0 atom stereocenters. The number of carboxylic acid groups (broad SMARTS) is 1. The zero-order valence-electron chi connectivity index (χ0n) is 11.9. The van der Waals surface area contributed by atoms with Gasteiger partial charge in [0.1, 0.15) is 5.02 Å². The Hall–Kier alpha value is -1.82. The number of halogens is 1. The molecule has 21 heavy (non-hydrogen) atoms.